The van der Waals surface area contributed by atoms with Crippen LogP contribution in [-0.4, -0.2) is 67.1 Å². The van der Waals surface area contributed by atoms with Crippen molar-refractivity contribution in [3.63, 3.8) is 0 Å². The van der Waals surface area contributed by atoms with Gasteiger partial charge in [0.05, 0.1) is 0 Å². The molecule has 0 radical (unpaired) electrons. The van der Waals surface area contributed by atoms with Crippen LogP contribution in [0.15, 0.2) is 23.3 Å². The molecule has 1 aliphatic heterocycles. The van der Waals surface area contributed by atoms with E-state index in [2.05, 4.69) is 51.1 Å². The van der Waals surface area contributed by atoms with Crippen molar-refractivity contribution in [2.75, 3.05) is 46.3 Å². The standard InChI is InChI=1S/C19H33N5.HI/c1-5-23(6-2)14-18-10-12-24(15-18)19(20-4)21-11-9-17-8-7-16(3)22-13-17;/h7-8,13,18H,5-6,9-12,14-15H2,1-4H3,(H,20,21);1H. The highest BCUT2D eigenvalue weighted by molar-refractivity contribution is 14.0. The molecule has 142 valence electrons. The summed E-state index contributed by atoms with van der Waals surface area (Å²) < 4.78 is 0. The molecule has 1 aromatic heterocycles. The van der Waals surface area contributed by atoms with Gasteiger partial charge in [0.25, 0.3) is 0 Å². The summed E-state index contributed by atoms with van der Waals surface area (Å²) in [7, 11) is 1.88. The van der Waals surface area contributed by atoms with Crippen LogP contribution in [0.5, 0.6) is 0 Å². The van der Waals surface area contributed by atoms with Crippen molar-refractivity contribution in [1.82, 2.24) is 20.1 Å². The number of likely N-dealkylation sites (tertiary alicyclic amines) is 1. The van der Waals surface area contributed by atoms with Crippen molar-refractivity contribution >= 4 is 29.9 Å². The average molecular weight is 459 g/mol. The van der Waals surface area contributed by atoms with Gasteiger partial charge in [0.15, 0.2) is 5.96 Å². The molecule has 25 heavy (non-hydrogen) atoms. The zero-order chi connectivity index (χ0) is 17.4. The Labute approximate surface area is 170 Å². The summed E-state index contributed by atoms with van der Waals surface area (Å²) in [5.74, 6) is 1.79. The van der Waals surface area contributed by atoms with E-state index in [4.69, 9.17) is 0 Å². The molecular formula is C19H34IN5. The highest BCUT2D eigenvalue weighted by atomic mass is 127. The van der Waals surface area contributed by atoms with Crippen molar-refractivity contribution in [1.29, 1.82) is 0 Å². The smallest absolute Gasteiger partial charge is 0.193 e. The first-order valence-electron chi connectivity index (χ1n) is 9.25. The van der Waals surface area contributed by atoms with Crippen LogP contribution in [0, 0.1) is 12.8 Å². The van der Waals surface area contributed by atoms with Crippen molar-refractivity contribution in [3.05, 3.63) is 29.6 Å². The van der Waals surface area contributed by atoms with Gasteiger partial charge in [-0.25, -0.2) is 0 Å². The van der Waals surface area contributed by atoms with Gasteiger partial charge in [-0.15, -0.1) is 24.0 Å². The molecule has 0 amide bonds. The summed E-state index contributed by atoms with van der Waals surface area (Å²) in [5, 5.41) is 3.51. The molecule has 1 unspecified atom stereocenters. The zero-order valence-corrected chi connectivity index (χ0v) is 18.5. The van der Waals surface area contributed by atoms with Crippen LogP contribution in [0.25, 0.3) is 0 Å². The van der Waals surface area contributed by atoms with Crippen LogP contribution in [-0.2, 0) is 6.42 Å². The Morgan fingerprint density at radius 2 is 2.12 bits per heavy atom. The first-order valence-corrected chi connectivity index (χ1v) is 9.25. The molecule has 1 saturated heterocycles. The molecule has 1 aliphatic rings. The Morgan fingerprint density at radius 3 is 2.72 bits per heavy atom. The van der Waals surface area contributed by atoms with Crippen LogP contribution in [0.2, 0.25) is 0 Å². The van der Waals surface area contributed by atoms with E-state index in [1.165, 1.54) is 18.5 Å². The lowest BCUT2D eigenvalue weighted by Gasteiger charge is -2.24. The third kappa shape index (κ3) is 7.09. The minimum atomic E-state index is 0. The first kappa shape index (κ1) is 22.2. The van der Waals surface area contributed by atoms with Gasteiger partial charge in [0, 0.05) is 45.1 Å². The van der Waals surface area contributed by atoms with E-state index >= 15 is 0 Å². The van der Waals surface area contributed by atoms with Crippen LogP contribution in [0.3, 0.4) is 0 Å². The van der Waals surface area contributed by atoms with Crippen LogP contribution in [0.1, 0.15) is 31.5 Å². The Balaban J connectivity index is 0.00000312. The number of rotatable bonds is 7. The number of nitrogens with one attached hydrogen (secondary N) is 1. The predicted molar refractivity (Wildman–Crippen MR) is 117 cm³/mol. The Kier molecular flexibility index (Phi) is 10.3. The molecule has 1 atom stereocenters. The lowest BCUT2D eigenvalue weighted by molar-refractivity contribution is 0.255. The normalized spacial score (nSPS) is 17.7. The van der Waals surface area contributed by atoms with Crippen LogP contribution < -0.4 is 5.32 Å². The van der Waals surface area contributed by atoms with E-state index in [1.807, 2.05) is 20.2 Å². The maximum atomic E-state index is 4.47. The topological polar surface area (TPSA) is 43.8 Å². The number of hydrogen-bond acceptors (Lipinski definition) is 3. The summed E-state index contributed by atoms with van der Waals surface area (Å²) in [6, 6.07) is 4.23. The molecule has 0 saturated carbocycles. The Morgan fingerprint density at radius 1 is 1.36 bits per heavy atom. The highest BCUT2D eigenvalue weighted by Crippen LogP contribution is 2.17. The minimum absolute atomic E-state index is 0. The molecule has 6 heteroatoms. The summed E-state index contributed by atoms with van der Waals surface area (Å²) in [5.41, 5.74) is 2.34. The van der Waals surface area contributed by atoms with Gasteiger partial charge in [0.1, 0.15) is 0 Å². The summed E-state index contributed by atoms with van der Waals surface area (Å²) >= 11 is 0. The van der Waals surface area contributed by atoms with Gasteiger partial charge in [-0.2, -0.15) is 0 Å². The van der Waals surface area contributed by atoms with Gasteiger partial charge >= 0.3 is 0 Å². The van der Waals surface area contributed by atoms with Gasteiger partial charge in [-0.3, -0.25) is 9.98 Å². The lowest BCUT2D eigenvalue weighted by atomic mass is 10.1. The van der Waals surface area contributed by atoms with E-state index in [0.717, 1.165) is 56.7 Å². The summed E-state index contributed by atoms with van der Waals surface area (Å²) in [6.07, 6.45) is 4.21. The predicted octanol–water partition coefficient (Wildman–Crippen LogP) is 2.79. The fraction of sp³-hybridized carbons (Fsp3) is 0.684. The molecule has 1 N–H and O–H groups in total. The maximum Gasteiger partial charge on any atom is 0.193 e. The second kappa shape index (κ2) is 11.7. The van der Waals surface area contributed by atoms with Crippen LogP contribution in [0.4, 0.5) is 0 Å². The largest absolute Gasteiger partial charge is 0.356 e. The molecule has 0 bridgehead atoms. The van der Waals surface area contributed by atoms with Gasteiger partial charge in [0.2, 0.25) is 0 Å². The molecule has 2 heterocycles. The number of halogens is 1. The van der Waals surface area contributed by atoms with E-state index < -0.39 is 0 Å². The van der Waals surface area contributed by atoms with E-state index in [-0.39, 0.29) is 24.0 Å². The molecule has 5 nitrogen and oxygen atoms in total. The number of aryl methyl sites for hydroxylation is 1. The molecule has 1 fully saturated rings. The number of aliphatic imine (C=N–C) groups is 1. The fourth-order valence-electron chi connectivity index (χ4n) is 3.32. The van der Waals surface area contributed by atoms with Crippen molar-refractivity contribution in [2.45, 2.75) is 33.6 Å². The van der Waals surface area contributed by atoms with E-state index in [0.29, 0.717) is 0 Å². The zero-order valence-electron chi connectivity index (χ0n) is 16.2. The summed E-state index contributed by atoms with van der Waals surface area (Å²) in [6.45, 7) is 13.1. The van der Waals surface area contributed by atoms with Crippen LogP contribution >= 0.6 is 24.0 Å². The van der Waals surface area contributed by atoms with Crippen molar-refractivity contribution < 1.29 is 0 Å². The van der Waals surface area contributed by atoms with Crippen molar-refractivity contribution in [2.24, 2.45) is 10.9 Å². The van der Waals surface area contributed by atoms with Gasteiger partial charge in [-0.05, 0) is 50.4 Å². The fourth-order valence-corrected chi connectivity index (χ4v) is 3.32. The molecule has 0 aliphatic carbocycles. The van der Waals surface area contributed by atoms with E-state index in [9.17, 15) is 0 Å². The van der Waals surface area contributed by atoms with Gasteiger partial charge in [-0.1, -0.05) is 19.9 Å². The number of nitrogens with zero attached hydrogens (tertiary/aromatic N) is 4. The van der Waals surface area contributed by atoms with E-state index in [1.54, 1.807) is 0 Å². The second-order valence-electron chi connectivity index (χ2n) is 6.62. The molecular weight excluding hydrogens is 425 g/mol. The monoisotopic (exact) mass is 459 g/mol. The molecule has 0 spiro atoms. The number of hydrogen-bond donors (Lipinski definition) is 1. The molecule has 1 aromatic rings. The third-order valence-corrected chi connectivity index (χ3v) is 4.88. The highest BCUT2D eigenvalue weighted by Gasteiger charge is 2.25. The molecule has 0 aromatic carbocycles. The second-order valence-corrected chi connectivity index (χ2v) is 6.62. The lowest BCUT2D eigenvalue weighted by Crippen LogP contribution is -2.41. The number of guanidine groups is 1. The minimum Gasteiger partial charge on any atom is -0.356 e. The number of aromatic nitrogens is 1. The Hall–Kier alpha value is -0.890. The SMILES string of the molecule is CCN(CC)CC1CCN(C(=NC)NCCc2ccc(C)nc2)C1.I. The maximum absolute atomic E-state index is 4.47. The summed E-state index contributed by atoms with van der Waals surface area (Å²) in [4.78, 5) is 13.8. The first-order chi connectivity index (χ1) is 11.7. The number of pyridine rings is 1. The van der Waals surface area contributed by atoms with Gasteiger partial charge < -0.3 is 15.1 Å². The molecule has 2 rings (SSSR count). The average Bonchev–Trinajstić information content (AvgIpc) is 3.06. The third-order valence-electron chi connectivity index (χ3n) is 4.88. The quantitative estimate of drug-likeness (QED) is 0.387. The Bertz CT molecular complexity index is 513. The van der Waals surface area contributed by atoms with Crippen molar-refractivity contribution in [3.8, 4) is 0 Å².